The molecule has 10 heteroatoms. The van der Waals surface area contributed by atoms with E-state index in [4.69, 9.17) is 4.74 Å². The van der Waals surface area contributed by atoms with Crippen LogP contribution in [0, 0.1) is 11.6 Å². The smallest absolute Gasteiger partial charge is 0.417 e. The molecule has 146 valence electrons. The maximum Gasteiger partial charge on any atom is 0.417 e. The molecule has 1 fully saturated rings. The van der Waals surface area contributed by atoms with Crippen molar-refractivity contribution in [1.82, 2.24) is 15.1 Å². The average Bonchev–Trinajstić information content (AvgIpc) is 3.02. The van der Waals surface area contributed by atoms with E-state index in [-0.39, 0.29) is 16.8 Å². The molecule has 5 rings (SSSR count). The zero-order valence-corrected chi connectivity index (χ0v) is 14.6. The first-order valence-electron chi connectivity index (χ1n) is 8.66. The first-order chi connectivity index (χ1) is 13.9. The number of aromatic nitrogens is 2. The van der Waals surface area contributed by atoms with Gasteiger partial charge in [-0.25, -0.2) is 23.6 Å². The number of benzene rings is 2. The van der Waals surface area contributed by atoms with E-state index < -0.39 is 47.9 Å². The third kappa shape index (κ3) is 2.56. The first-order valence-corrected chi connectivity index (χ1v) is 8.66. The van der Waals surface area contributed by atoms with Gasteiger partial charge in [-0.2, -0.15) is 5.10 Å². The van der Waals surface area contributed by atoms with Crippen LogP contribution in [0.4, 0.5) is 19.3 Å². The summed E-state index contributed by atoms with van der Waals surface area (Å²) in [5.74, 6) is -1.69. The largest absolute Gasteiger partial charge is 0.439 e. The number of anilines is 1. The van der Waals surface area contributed by atoms with E-state index in [1.54, 1.807) is 0 Å². The number of carbonyl (C=O) groups excluding carboxylic acids is 2. The molecule has 2 aromatic carbocycles. The lowest BCUT2D eigenvalue weighted by Crippen LogP contribution is -2.42. The van der Waals surface area contributed by atoms with E-state index in [2.05, 4.69) is 15.5 Å². The standard InChI is InChI=1S/C19H12F2N4O4/c20-9-3-1-8(2-4-9)15-17(25-13(26)7-29-19(25)28)16-14-11(18(27)24-23-16)5-10(21)6-12(14)22-15/h1-6,15,17,22H,7H2,(H,24,27). The normalized spacial score (nSPS) is 20.7. The molecular weight excluding hydrogens is 386 g/mol. The number of ether oxygens (including phenoxy) is 1. The highest BCUT2D eigenvalue weighted by Gasteiger charge is 2.46. The van der Waals surface area contributed by atoms with Crippen molar-refractivity contribution in [2.45, 2.75) is 12.1 Å². The number of hydrogen-bond donors (Lipinski definition) is 2. The minimum Gasteiger partial charge on any atom is -0.439 e. The molecule has 0 aliphatic carbocycles. The highest BCUT2D eigenvalue weighted by Crippen LogP contribution is 2.45. The van der Waals surface area contributed by atoms with Gasteiger partial charge in [-0.15, -0.1) is 0 Å². The number of aromatic amines is 1. The van der Waals surface area contributed by atoms with Gasteiger partial charge < -0.3 is 10.1 Å². The van der Waals surface area contributed by atoms with Crippen LogP contribution in [0.2, 0.25) is 0 Å². The van der Waals surface area contributed by atoms with Crippen LogP contribution in [0.5, 0.6) is 0 Å². The molecule has 2 unspecified atom stereocenters. The Labute approximate surface area is 161 Å². The minimum atomic E-state index is -1.000. The topological polar surface area (TPSA) is 104 Å². The number of H-pyrrole nitrogens is 1. The summed E-state index contributed by atoms with van der Waals surface area (Å²) in [6, 6.07) is 5.91. The van der Waals surface area contributed by atoms with Crippen LogP contribution in [0.25, 0.3) is 10.8 Å². The Morgan fingerprint density at radius 2 is 1.83 bits per heavy atom. The molecule has 3 aromatic rings. The minimum absolute atomic E-state index is 0.0278. The van der Waals surface area contributed by atoms with Crippen molar-refractivity contribution in [3.8, 4) is 0 Å². The van der Waals surface area contributed by atoms with Crippen molar-refractivity contribution in [3.05, 3.63) is 69.6 Å². The number of hydrogen-bond acceptors (Lipinski definition) is 6. The third-order valence-electron chi connectivity index (χ3n) is 5.08. The number of amides is 2. The van der Waals surface area contributed by atoms with Crippen LogP contribution >= 0.6 is 0 Å². The van der Waals surface area contributed by atoms with Crippen LogP contribution in [0.3, 0.4) is 0 Å². The van der Waals surface area contributed by atoms with E-state index >= 15 is 0 Å². The quantitative estimate of drug-likeness (QED) is 0.687. The molecule has 2 aliphatic heterocycles. The second kappa shape index (κ2) is 6.09. The Kier molecular flexibility index (Phi) is 3.63. The molecule has 2 N–H and O–H groups in total. The molecule has 1 aromatic heterocycles. The highest BCUT2D eigenvalue weighted by atomic mass is 19.1. The second-order valence-corrected chi connectivity index (χ2v) is 6.75. The number of nitrogens with zero attached hydrogens (tertiary/aromatic N) is 2. The zero-order valence-electron chi connectivity index (χ0n) is 14.6. The number of halogens is 2. The Morgan fingerprint density at radius 1 is 1.07 bits per heavy atom. The van der Waals surface area contributed by atoms with Crippen molar-refractivity contribution in [2.75, 3.05) is 11.9 Å². The average molecular weight is 398 g/mol. The van der Waals surface area contributed by atoms with Crippen molar-refractivity contribution >= 4 is 28.5 Å². The molecule has 0 bridgehead atoms. The summed E-state index contributed by atoms with van der Waals surface area (Å²) < 4.78 is 32.4. The molecule has 3 heterocycles. The van der Waals surface area contributed by atoms with Gasteiger partial charge >= 0.3 is 6.09 Å². The second-order valence-electron chi connectivity index (χ2n) is 6.75. The highest BCUT2D eigenvalue weighted by molar-refractivity contribution is 6.01. The molecule has 2 amide bonds. The van der Waals surface area contributed by atoms with Crippen molar-refractivity contribution in [1.29, 1.82) is 0 Å². The van der Waals surface area contributed by atoms with E-state index in [1.165, 1.54) is 30.3 Å². The van der Waals surface area contributed by atoms with Crippen molar-refractivity contribution in [2.24, 2.45) is 0 Å². The van der Waals surface area contributed by atoms with E-state index in [0.717, 1.165) is 11.0 Å². The number of imide groups is 1. The lowest BCUT2D eigenvalue weighted by Gasteiger charge is -2.37. The summed E-state index contributed by atoms with van der Waals surface area (Å²) in [5, 5.41) is 9.78. The van der Waals surface area contributed by atoms with Gasteiger partial charge in [-0.1, -0.05) is 12.1 Å². The Balaban J connectivity index is 1.79. The Morgan fingerprint density at radius 3 is 2.52 bits per heavy atom. The van der Waals surface area contributed by atoms with Crippen molar-refractivity contribution in [3.63, 3.8) is 0 Å². The van der Waals surface area contributed by atoms with Gasteiger partial charge in [0.2, 0.25) is 0 Å². The molecule has 1 saturated heterocycles. The fourth-order valence-corrected chi connectivity index (χ4v) is 3.86. The summed E-state index contributed by atoms with van der Waals surface area (Å²) >= 11 is 0. The zero-order chi connectivity index (χ0) is 20.3. The van der Waals surface area contributed by atoms with Crippen LogP contribution in [0.1, 0.15) is 23.3 Å². The number of carbonyl (C=O) groups is 2. The Bertz CT molecular complexity index is 1230. The Hall–Kier alpha value is -3.82. The monoisotopic (exact) mass is 398 g/mol. The molecule has 29 heavy (non-hydrogen) atoms. The van der Waals surface area contributed by atoms with E-state index in [1.807, 2.05) is 0 Å². The molecule has 2 aliphatic rings. The summed E-state index contributed by atoms with van der Waals surface area (Å²) in [7, 11) is 0. The summed E-state index contributed by atoms with van der Waals surface area (Å²) in [4.78, 5) is 37.8. The van der Waals surface area contributed by atoms with Crippen molar-refractivity contribution < 1.29 is 23.1 Å². The van der Waals surface area contributed by atoms with Gasteiger partial charge in [0.1, 0.15) is 17.7 Å². The SMILES string of the molecule is O=C1COC(=O)N1C1c2n[nH]c(=O)c3cc(F)cc(c23)NC1c1ccc(F)cc1. The van der Waals surface area contributed by atoms with E-state index in [0.29, 0.717) is 10.9 Å². The van der Waals surface area contributed by atoms with Gasteiger partial charge in [0, 0.05) is 11.1 Å². The van der Waals surface area contributed by atoms with Crippen LogP contribution < -0.4 is 10.9 Å². The number of rotatable bonds is 2. The predicted octanol–water partition coefficient (Wildman–Crippen LogP) is 2.39. The summed E-state index contributed by atoms with van der Waals surface area (Å²) in [6.07, 6.45) is -0.861. The lowest BCUT2D eigenvalue weighted by atomic mass is 9.88. The van der Waals surface area contributed by atoms with Gasteiger partial charge in [0.25, 0.3) is 11.5 Å². The molecule has 8 nitrogen and oxygen atoms in total. The fourth-order valence-electron chi connectivity index (χ4n) is 3.86. The number of nitrogens with one attached hydrogen (secondary N) is 2. The molecule has 2 atom stereocenters. The first kappa shape index (κ1) is 17.3. The summed E-state index contributed by atoms with van der Waals surface area (Å²) in [5.41, 5.74) is 0.398. The lowest BCUT2D eigenvalue weighted by molar-refractivity contribution is -0.127. The van der Waals surface area contributed by atoms with Crippen LogP contribution in [0.15, 0.2) is 41.2 Å². The molecular formula is C19H12F2N4O4. The summed E-state index contributed by atoms with van der Waals surface area (Å²) in [6.45, 7) is -0.422. The van der Waals surface area contributed by atoms with Gasteiger partial charge in [0.15, 0.2) is 6.61 Å². The fraction of sp³-hybridized carbons (Fsp3) is 0.158. The molecule has 0 spiro atoms. The molecule has 0 radical (unpaired) electrons. The molecule has 0 saturated carbocycles. The van der Waals surface area contributed by atoms with E-state index in [9.17, 15) is 23.2 Å². The maximum absolute atomic E-state index is 14.1. The van der Waals surface area contributed by atoms with Gasteiger partial charge in [0.05, 0.1) is 17.1 Å². The van der Waals surface area contributed by atoms with Gasteiger partial charge in [-0.3, -0.25) is 9.59 Å². The predicted molar refractivity (Wildman–Crippen MR) is 96.0 cm³/mol. The third-order valence-corrected chi connectivity index (χ3v) is 5.08. The maximum atomic E-state index is 14.1. The van der Waals surface area contributed by atoms with Crippen LogP contribution in [-0.2, 0) is 9.53 Å². The van der Waals surface area contributed by atoms with Gasteiger partial charge in [-0.05, 0) is 29.8 Å². The number of cyclic esters (lactones) is 1. The van der Waals surface area contributed by atoms with Crippen LogP contribution in [-0.4, -0.2) is 33.7 Å².